The quantitative estimate of drug-likeness (QED) is 0.463. The molecule has 0 aromatic heterocycles. The third-order valence-electron chi connectivity index (χ3n) is 0.678. The number of rotatable bonds is 0. The Morgan fingerprint density at radius 2 is 2.00 bits per heavy atom. The molecule has 0 nitrogen and oxygen atoms in total. The summed E-state index contributed by atoms with van der Waals surface area (Å²) < 4.78 is 18.9. The van der Waals surface area contributed by atoms with Gasteiger partial charge in [-0.25, -0.2) is 4.39 Å². The molecule has 0 aliphatic heterocycles. The normalized spacial score (nSPS) is 10.7. The summed E-state index contributed by atoms with van der Waals surface area (Å²) in [5, 5.41) is 0. The molecule has 0 unspecified atom stereocenters. The predicted molar refractivity (Wildman–Crippen MR) is 26.4 cm³/mol. The van der Waals surface area contributed by atoms with Crippen molar-refractivity contribution >= 4 is 0 Å². The first-order valence-corrected chi connectivity index (χ1v) is 2.01. The Hall–Kier alpha value is -0.850. The van der Waals surface area contributed by atoms with Gasteiger partial charge in [0.2, 0.25) is 0 Å². The van der Waals surface area contributed by atoms with Crippen LogP contribution in [0.15, 0.2) is 30.3 Å². The van der Waals surface area contributed by atoms with E-state index in [9.17, 15) is 4.39 Å². The van der Waals surface area contributed by atoms with E-state index in [1.54, 1.807) is 0 Å². The maximum atomic E-state index is 12.0. The summed E-state index contributed by atoms with van der Waals surface area (Å²) in [4.78, 5) is 0. The summed E-state index contributed by atoms with van der Waals surface area (Å²) in [6.45, 7) is 0. The number of hydrogen-bond donors (Lipinski definition) is 0. The van der Waals surface area contributed by atoms with Gasteiger partial charge in [0, 0.05) is 0 Å². The molecule has 1 rings (SSSR count). The van der Waals surface area contributed by atoms with E-state index in [1.807, 2.05) is 0 Å². The zero-order valence-electron chi connectivity index (χ0n) is 4.69. The largest absolute Gasteiger partial charge is 0.207 e. The molecule has 0 spiro atoms. The number of hydrogen-bond acceptors (Lipinski definition) is 0. The average molecular weight is 97.1 g/mol. The Morgan fingerprint density at radius 1 is 1.43 bits per heavy atom. The van der Waals surface area contributed by atoms with Crippen LogP contribution in [-0.2, 0) is 0 Å². The van der Waals surface area contributed by atoms with Crippen molar-refractivity contribution < 1.29 is 5.76 Å². The smallest absolute Gasteiger partial charge is 0.123 e. The van der Waals surface area contributed by atoms with Crippen LogP contribution < -0.4 is 0 Å². The highest BCUT2D eigenvalue weighted by molar-refractivity contribution is 5.02. The molecule has 0 atom stereocenters. The summed E-state index contributed by atoms with van der Waals surface area (Å²) in [5.41, 5.74) is 0. The van der Waals surface area contributed by atoms with Crippen LogP contribution in [0.4, 0.5) is 4.39 Å². The molecule has 0 amide bonds. The number of benzene rings is 1. The average Bonchev–Trinajstić information content (AvgIpc) is 1.77. The van der Waals surface area contributed by atoms with Crippen molar-refractivity contribution in [1.82, 2.24) is 0 Å². The van der Waals surface area contributed by atoms with Gasteiger partial charge in [-0.05, 0) is 12.1 Å². The van der Waals surface area contributed by atoms with E-state index in [2.05, 4.69) is 0 Å². The fraction of sp³-hybridized carbons (Fsp3) is 0. The first-order chi connectivity index (χ1) is 3.79. The van der Waals surface area contributed by atoms with Gasteiger partial charge in [-0.15, -0.1) is 0 Å². The predicted octanol–water partition coefficient (Wildman–Crippen LogP) is 1.83. The lowest BCUT2D eigenvalue weighted by atomic mass is 10.4. The minimum Gasteiger partial charge on any atom is -0.207 e. The lowest BCUT2D eigenvalue weighted by Crippen LogP contribution is -1.63. The van der Waals surface area contributed by atoms with Crippen LogP contribution in [0.25, 0.3) is 0 Å². The van der Waals surface area contributed by atoms with Gasteiger partial charge in [0.05, 0.1) is 1.37 Å². The number of halogens is 1. The van der Waals surface area contributed by atoms with E-state index in [-0.39, 0.29) is 5.82 Å². The van der Waals surface area contributed by atoms with Gasteiger partial charge in [0.1, 0.15) is 5.82 Å². The van der Waals surface area contributed by atoms with Crippen LogP contribution in [0.5, 0.6) is 0 Å². The highest BCUT2D eigenvalue weighted by Crippen LogP contribution is 1.91. The topological polar surface area (TPSA) is 0 Å². The van der Waals surface area contributed by atoms with Crippen LogP contribution in [-0.4, -0.2) is 0 Å². The second-order valence-corrected chi connectivity index (χ2v) is 1.22. The molecular weight excluding hydrogens is 91.1 g/mol. The second-order valence-electron chi connectivity index (χ2n) is 1.22. The molecule has 0 saturated carbocycles. The molecule has 0 fully saturated rings. The third-order valence-corrected chi connectivity index (χ3v) is 0.678. The maximum Gasteiger partial charge on any atom is 0.123 e. The molecule has 1 heteroatoms. The molecule has 0 bridgehead atoms. The van der Waals surface area contributed by atoms with Gasteiger partial charge >= 0.3 is 0 Å². The fourth-order valence-electron chi connectivity index (χ4n) is 0.367. The molecular formula is C6H5F. The highest BCUT2D eigenvalue weighted by atomic mass is 19.1. The van der Waals surface area contributed by atoms with Gasteiger partial charge in [-0.1, -0.05) is 18.2 Å². The van der Waals surface area contributed by atoms with E-state index in [0.29, 0.717) is 6.04 Å². The molecule has 36 valence electrons. The summed E-state index contributed by atoms with van der Waals surface area (Å²) in [6, 6.07) is 5.70. The first kappa shape index (κ1) is 3.19. The van der Waals surface area contributed by atoms with Crippen LogP contribution in [0, 0.1) is 5.82 Å². The van der Waals surface area contributed by atoms with E-state index in [1.165, 1.54) is 24.3 Å². The Labute approximate surface area is 43.0 Å². The summed E-state index contributed by atoms with van der Waals surface area (Å²) >= 11 is 0. The van der Waals surface area contributed by atoms with Crippen LogP contribution in [0.2, 0.25) is 0 Å². The van der Waals surface area contributed by atoms with Gasteiger partial charge in [0.25, 0.3) is 0 Å². The Bertz CT molecular complexity index is 147. The van der Waals surface area contributed by atoms with Gasteiger partial charge in [0.15, 0.2) is 0 Å². The summed E-state index contributed by atoms with van der Waals surface area (Å²) in [6.07, 6.45) is 0. The van der Waals surface area contributed by atoms with Crippen molar-refractivity contribution in [3.05, 3.63) is 36.1 Å². The monoisotopic (exact) mass is 97.0 g/mol. The molecule has 7 heavy (non-hydrogen) atoms. The molecule has 1 aromatic rings. The van der Waals surface area contributed by atoms with Crippen LogP contribution in [0.1, 0.15) is 1.37 Å². The Balaban J connectivity index is 3.03. The zero-order valence-corrected chi connectivity index (χ0v) is 3.69. The maximum absolute atomic E-state index is 12.0. The van der Waals surface area contributed by atoms with E-state index in [4.69, 9.17) is 1.37 Å². The highest BCUT2D eigenvalue weighted by Gasteiger charge is 1.77. The van der Waals surface area contributed by atoms with Crippen molar-refractivity contribution in [2.75, 3.05) is 0 Å². The minimum atomic E-state index is -0.291. The van der Waals surface area contributed by atoms with Crippen molar-refractivity contribution in [1.29, 1.82) is 0 Å². The Morgan fingerprint density at radius 3 is 2.43 bits per heavy atom. The molecule has 0 aliphatic carbocycles. The van der Waals surface area contributed by atoms with Crippen molar-refractivity contribution in [3.8, 4) is 0 Å². The Kier molecular flexibility index (Phi) is 0.791. The fourth-order valence-corrected chi connectivity index (χ4v) is 0.367. The SMILES string of the molecule is [2H]c1ccc(F)cc1. The zero-order chi connectivity index (χ0) is 5.98. The molecule has 0 radical (unpaired) electrons. The van der Waals surface area contributed by atoms with E-state index >= 15 is 0 Å². The molecule has 1 aromatic carbocycles. The van der Waals surface area contributed by atoms with Gasteiger partial charge < -0.3 is 0 Å². The lowest BCUT2D eigenvalue weighted by molar-refractivity contribution is 0.628. The standard InChI is InChI=1S/C6H5F/c7-6-4-2-1-3-5-6/h1-5H/i1D. The lowest BCUT2D eigenvalue weighted by Gasteiger charge is -1.78. The van der Waals surface area contributed by atoms with Crippen molar-refractivity contribution in [3.63, 3.8) is 0 Å². The molecule has 0 heterocycles. The minimum absolute atomic E-state index is 0.291. The molecule has 0 N–H and O–H groups in total. The summed E-state index contributed by atoms with van der Waals surface area (Å²) in [5.74, 6) is -0.291. The van der Waals surface area contributed by atoms with E-state index in [0.717, 1.165) is 0 Å². The second kappa shape index (κ2) is 1.73. The van der Waals surface area contributed by atoms with Crippen molar-refractivity contribution in [2.24, 2.45) is 0 Å². The molecule has 0 aliphatic rings. The summed E-state index contributed by atoms with van der Waals surface area (Å²) in [7, 11) is 0. The van der Waals surface area contributed by atoms with Gasteiger partial charge in [-0.3, -0.25) is 0 Å². The van der Waals surface area contributed by atoms with E-state index < -0.39 is 0 Å². The first-order valence-electron chi connectivity index (χ1n) is 2.51. The van der Waals surface area contributed by atoms with Gasteiger partial charge in [-0.2, -0.15) is 0 Å². The third kappa shape index (κ3) is 1.000. The van der Waals surface area contributed by atoms with Crippen LogP contribution >= 0.6 is 0 Å². The van der Waals surface area contributed by atoms with Crippen molar-refractivity contribution in [2.45, 2.75) is 0 Å². The van der Waals surface area contributed by atoms with Crippen LogP contribution in [0.3, 0.4) is 0 Å². The molecule has 0 saturated heterocycles.